The summed E-state index contributed by atoms with van der Waals surface area (Å²) in [6.07, 6.45) is 4.98. The molecule has 186 valence electrons. The molecule has 3 aromatic carbocycles. The van der Waals surface area contributed by atoms with Crippen LogP contribution in [0.25, 0.3) is 44.5 Å². The summed E-state index contributed by atoms with van der Waals surface area (Å²) in [5.74, 6) is 2.81. The van der Waals surface area contributed by atoms with E-state index < -0.39 is 0 Å². The summed E-state index contributed by atoms with van der Waals surface area (Å²) in [5.41, 5.74) is 6.42. The molecule has 1 aliphatic carbocycles. The number of carbonyl (C=O) groups is 1. The number of hydrogen-bond acceptors (Lipinski definition) is 4. The van der Waals surface area contributed by atoms with Crippen LogP contribution in [0.1, 0.15) is 19.3 Å². The fraction of sp³-hybridized carbons (Fsp3) is 0.300. The van der Waals surface area contributed by atoms with Crippen LogP contribution in [0.3, 0.4) is 0 Å². The summed E-state index contributed by atoms with van der Waals surface area (Å²) in [6.45, 7) is 2.51. The lowest BCUT2D eigenvalue weighted by molar-refractivity contribution is -0.131. The van der Waals surface area contributed by atoms with Crippen molar-refractivity contribution in [2.24, 2.45) is 11.8 Å². The van der Waals surface area contributed by atoms with Crippen LogP contribution in [-0.4, -0.2) is 50.8 Å². The van der Waals surface area contributed by atoms with E-state index in [0.717, 1.165) is 89.1 Å². The van der Waals surface area contributed by atoms with E-state index in [1.807, 2.05) is 18.3 Å². The van der Waals surface area contributed by atoms with Gasteiger partial charge in [-0.05, 0) is 54.5 Å². The van der Waals surface area contributed by atoms with Gasteiger partial charge in [0.05, 0.1) is 29.9 Å². The van der Waals surface area contributed by atoms with Crippen molar-refractivity contribution in [1.82, 2.24) is 24.6 Å². The lowest BCUT2D eigenvalue weighted by Crippen LogP contribution is -2.30. The van der Waals surface area contributed by atoms with Crippen molar-refractivity contribution in [3.05, 3.63) is 66.9 Å². The van der Waals surface area contributed by atoms with Crippen LogP contribution in [0.5, 0.6) is 5.75 Å². The van der Waals surface area contributed by atoms with Crippen LogP contribution in [0, 0.1) is 11.8 Å². The Labute approximate surface area is 215 Å². The number of hydrogen-bond donors (Lipinski definition) is 1. The molecular weight excluding hydrogens is 462 g/mol. The highest BCUT2D eigenvalue weighted by Crippen LogP contribution is 2.35. The Morgan fingerprint density at radius 1 is 1.00 bits per heavy atom. The maximum Gasteiger partial charge on any atom is 0.225 e. The van der Waals surface area contributed by atoms with Gasteiger partial charge in [0.1, 0.15) is 11.6 Å². The van der Waals surface area contributed by atoms with Gasteiger partial charge in [-0.15, -0.1) is 0 Å². The van der Waals surface area contributed by atoms with Gasteiger partial charge in [-0.25, -0.2) is 4.98 Å². The van der Waals surface area contributed by atoms with Crippen molar-refractivity contribution in [2.45, 2.75) is 25.8 Å². The molecule has 0 radical (unpaired) electrons. The highest BCUT2D eigenvalue weighted by molar-refractivity contribution is 5.85. The zero-order chi connectivity index (χ0) is 24.9. The molecule has 5 aromatic rings. The first kappa shape index (κ1) is 22.1. The Morgan fingerprint density at radius 3 is 2.62 bits per heavy atom. The number of aromatic amines is 1. The minimum Gasteiger partial charge on any atom is -0.497 e. The molecule has 0 spiro atoms. The second-order valence-corrected chi connectivity index (χ2v) is 10.4. The third-order valence-electron chi connectivity index (χ3n) is 7.84. The second-order valence-electron chi connectivity index (χ2n) is 10.4. The van der Waals surface area contributed by atoms with Gasteiger partial charge in [-0.1, -0.05) is 36.4 Å². The molecule has 3 heterocycles. The van der Waals surface area contributed by atoms with E-state index in [9.17, 15) is 4.79 Å². The third kappa shape index (κ3) is 4.04. The number of benzene rings is 3. The summed E-state index contributed by atoms with van der Waals surface area (Å²) >= 11 is 0. The largest absolute Gasteiger partial charge is 0.497 e. The number of ether oxygens (including phenoxy) is 1. The van der Waals surface area contributed by atoms with E-state index in [0.29, 0.717) is 11.8 Å². The molecule has 2 aliphatic rings. The number of likely N-dealkylation sites (tertiary alicyclic amines) is 1. The summed E-state index contributed by atoms with van der Waals surface area (Å²) < 4.78 is 7.85. The molecule has 2 aromatic heterocycles. The molecule has 1 amide bonds. The number of methoxy groups -OCH3 is 1. The van der Waals surface area contributed by atoms with E-state index in [1.165, 1.54) is 0 Å². The van der Waals surface area contributed by atoms with E-state index >= 15 is 0 Å². The Kier molecular flexibility index (Phi) is 5.23. The van der Waals surface area contributed by atoms with Crippen molar-refractivity contribution in [3.63, 3.8) is 0 Å². The van der Waals surface area contributed by atoms with Crippen molar-refractivity contribution < 1.29 is 9.53 Å². The molecule has 2 fully saturated rings. The molecule has 0 unspecified atom stereocenters. The molecule has 1 saturated carbocycles. The summed E-state index contributed by atoms with van der Waals surface area (Å²) in [5, 5.41) is 8.29. The van der Waals surface area contributed by atoms with Gasteiger partial charge in [0, 0.05) is 42.6 Å². The summed E-state index contributed by atoms with van der Waals surface area (Å²) in [7, 11) is 1.69. The Balaban J connectivity index is 1.22. The lowest BCUT2D eigenvalue weighted by Gasteiger charge is -2.18. The zero-order valence-corrected chi connectivity index (χ0v) is 20.9. The minimum absolute atomic E-state index is 0.278. The Hall–Kier alpha value is -4.13. The van der Waals surface area contributed by atoms with Crippen molar-refractivity contribution in [2.75, 3.05) is 20.2 Å². The van der Waals surface area contributed by atoms with Crippen molar-refractivity contribution in [3.8, 4) is 28.3 Å². The van der Waals surface area contributed by atoms with Crippen LogP contribution in [-0.2, 0) is 11.3 Å². The van der Waals surface area contributed by atoms with Gasteiger partial charge in [0.2, 0.25) is 5.91 Å². The predicted octanol–water partition coefficient (Wildman–Crippen LogP) is 5.51. The van der Waals surface area contributed by atoms with Crippen molar-refractivity contribution >= 4 is 27.8 Å². The maximum atomic E-state index is 12.6. The molecule has 1 saturated heterocycles. The molecule has 7 nitrogen and oxygen atoms in total. The quantitative estimate of drug-likeness (QED) is 0.340. The third-order valence-corrected chi connectivity index (χ3v) is 7.84. The van der Waals surface area contributed by atoms with Gasteiger partial charge in [0.15, 0.2) is 0 Å². The van der Waals surface area contributed by atoms with Gasteiger partial charge in [-0.3, -0.25) is 9.89 Å². The molecule has 1 N–H and O–H groups in total. The van der Waals surface area contributed by atoms with Gasteiger partial charge < -0.3 is 14.2 Å². The first-order chi connectivity index (χ1) is 18.2. The first-order valence-electron chi connectivity index (χ1n) is 13.0. The van der Waals surface area contributed by atoms with Gasteiger partial charge in [0.25, 0.3) is 0 Å². The van der Waals surface area contributed by atoms with Gasteiger partial charge >= 0.3 is 0 Å². The van der Waals surface area contributed by atoms with E-state index in [1.54, 1.807) is 7.11 Å². The smallest absolute Gasteiger partial charge is 0.225 e. The molecular formula is C30H29N5O2. The number of amides is 1. The fourth-order valence-electron chi connectivity index (χ4n) is 5.59. The number of nitrogens with one attached hydrogen (secondary N) is 1. The van der Waals surface area contributed by atoms with E-state index in [4.69, 9.17) is 9.72 Å². The number of rotatable bonds is 6. The maximum absolute atomic E-state index is 12.6. The van der Waals surface area contributed by atoms with Crippen LogP contribution >= 0.6 is 0 Å². The number of aromatic nitrogens is 4. The zero-order valence-electron chi connectivity index (χ0n) is 20.9. The second kappa shape index (κ2) is 8.76. The van der Waals surface area contributed by atoms with Crippen molar-refractivity contribution in [1.29, 1.82) is 0 Å². The highest BCUT2D eigenvalue weighted by Gasteiger charge is 2.36. The number of fused-ring (bicyclic) bond motifs is 2. The molecule has 1 atom stereocenters. The normalized spacial score (nSPS) is 17.6. The number of carbonyl (C=O) groups excluding carboxylic acids is 1. The average molecular weight is 492 g/mol. The van der Waals surface area contributed by atoms with E-state index in [-0.39, 0.29) is 5.92 Å². The van der Waals surface area contributed by atoms with E-state index in [2.05, 4.69) is 68.2 Å². The monoisotopic (exact) mass is 491 g/mol. The predicted molar refractivity (Wildman–Crippen MR) is 144 cm³/mol. The Morgan fingerprint density at radius 2 is 1.81 bits per heavy atom. The summed E-state index contributed by atoms with van der Waals surface area (Å²) in [6, 6.07) is 21.0. The fourth-order valence-corrected chi connectivity index (χ4v) is 5.59. The van der Waals surface area contributed by atoms with Crippen LogP contribution in [0.2, 0.25) is 0 Å². The molecule has 1 aliphatic heterocycles. The number of H-pyrrole nitrogens is 1. The number of nitrogens with zero attached hydrogens (tertiary/aromatic N) is 4. The lowest BCUT2D eigenvalue weighted by atomic mass is 10.0. The molecule has 37 heavy (non-hydrogen) atoms. The first-order valence-corrected chi connectivity index (χ1v) is 13.0. The molecule has 0 bridgehead atoms. The number of imidazole rings is 1. The average Bonchev–Trinajstić information content (AvgIpc) is 3.33. The molecule has 7 rings (SSSR count). The molecule has 7 heteroatoms. The standard InChI is InChI=1S/C30H29N5O2/c1-37-25-10-11-26-28(15-25)35(18-19-12-13-34(17-19)30(36)22-6-7-22)29(32-26)21-4-2-20(3-5-21)23-8-9-24-16-31-33-27(24)14-23/h2-5,8-11,14-16,19,22H,6-7,12-13,17-18H2,1H3,(H,31,33)/t19-/m0/s1. The minimum atomic E-state index is 0.278. The summed E-state index contributed by atoms with van der Waals surface area (Å²) in [4.78, 5) is 19.7. The van der Waals surface area contributed by atoms with Crippen LogP contribution in [0.15, 0.2) is 66.9 Å². The highest BCUT2D eigenvalue weighted by atomic mass is 16.5. The topological polar surface area (TPSA) is 76.0 Å². The van der Waals surface area contributed by atoms with Crippen LogP contribution in [0.4, 0.5) is 0 Å². The Bertz CT molecular complexity index is 1610. The van der Waals surface area contributed by atoms with Crippen LogP contribution < -0.4 is 4.74 Å². The SMILES string of the molecule is COc1ccc2nc(-c3ccc(-c4ccc5cn[nH]c5c4)cc3)n(C[C@H]3CCN(C(=O)C4CC4)C3)c2c1. The van der Waals surface area contributed by atoms with Gasteiger partial charge in [-0.2, -0.15) is 5.10 Å².